The SMILES string of the molecule is CCN(CCOc1c(Cl)cccc1Cl)C(=O)c1cncc(Cl)c1. The second-order valence-electron chi connectivity index (χ2n) is 4.68. The summed E-state index contributed by atoms with van der Waals surface area (Å²) in [4.78, 5) is 18.0. The van der Waals surface area contributed by atoms with Gasteiger partial charge in [-0.05, 0) is 25.1 Å². The van der Waals surface area contributed by atoms with Crippen LogP contribution in [0.15, 0.2) is 36.7 Å². The lowest BCUT2D eigenvalue weighted by atomic mass is 10.2. The van der Waals surface area contributed by atoms with Crippen LogP contribution in [0.2, 0.25) is 15.1 Å². The van der Waals surface area contributed by atoms with Crippen LogP contribution < -0.4 is 4.74 Å². The number of benzene rings is 1. The van der Waals surface area contributed by atoms with E-state index < -0.39 is 0 Å². The van der Waals surface area contributed by atoms with E-state index in [1.807, 2.05) is 6.92 Å². The van der Waals surface area contributed by atoms with Gasteiger partial charge in [0.15, 0.2) is 5.75 Å². The molecule has 0 radical (unpaired) electrons. The van der Waals surface area contributed by atoms with E-state index in [2.05, 4.69) is 4.98 Å². The summed E-state index contributed by atoms with van der Waals surface area (Å²) in [5.41, 5.74) is 0.440. The van der Waals surface area contributed by atoms with Crippen LogP contribution in [0.5, 0.6) is 5.75 Å². The van der Waals surface area contributed by atoms with Gasteiger partial charge in [-0.3, -0.25) is 9.78 Å². The van der Waals surface area contributed by atoms with Crippen molar-refractivity contribution in [3.8, 4) is 5.75 Å². The third kappa shape index (κ3) is 4.74. The molecule has 0 bridgehead atoms. The lowest BCUT2D eigenvalue weighted by molar-refractivity contribution is 0.0739. The molecule has 1 heterocycles. The predicted molar refractivity (Wildman–Crippen MR) is 92.8 cm³/mol. The van der Waals surface area contributed by atoms with E-state index in [-0.39, 0.29) is 12.5 Å². The van der Waals surface area contributed by atoms with Gasteiger partial charge in [0.25, 0.3) is 5.91 Å². The van der Waals surface area contributed by atoms with Crippen LogP contribution in [0.1, 0.15) is 17.3 Å². The molecule has 0 aliphatic heterocycles. The molecule has 0 N–H and O–H groups in total. The molecule has 4 nitrogen and oxygen atoms in total. The molecular weight excluding hydrogens is 359 g/mol. The van der Waals surface area contributed by atoms with Crippen LogP contribution in [0, 0.1) is 0 Å². The number of hydrogen-bond donors (Lipinski definition) is 0. The number of amides is 1. The van der Waals surface area contributed by atoms with Crippen molar-refractivity contribution in [3.05, 3.63) is 57.3 Å². The maximum atomic E-state index is 12.4. The number of hydrogen-bond acceptors (Lipinski definition) is 3. The Balaban J connectivity index is 1.99. The quantitative estimate of drug-likeness (QED) is 0.744. The van der Waals surface area contributed by atoms with E-state index in [0.717, 1.165) is 0 Å². The fraction of sp³-hybridized carbons (Fsp3) is 0.250. The third-order valence-corrected chi connectivity index (χ3v) is 3.95. The van der Waals surface area contributed by atoms with Crippen LogP contribution in [0.25, 0.3) is 0 Å². The number of halogens is 3. The fourth-order valence-electron chi connectivity index (χ4n) is 1.99. The van der Waals surface area contributed by atoms with Crippen molar-refractivity contribution >= 4 is 40.7 Å². The first kappa shape index (κ1) is 17.9. The van der Waals surface area contributed by atoms with E-state index in [1.165, 1.54) is 12.4 Å². The molecule has 0 aliphatic rings. The minimum atomic E-state index is -0.156. The number of carbonyl (C=O) groups is 1. The average Bonchev–Trinajstić information content (AvgIpc) is 2.53. The molecular formula is C16H15Cl3N2O2. The van der Waals surface area contributed by atoms with E-state index in [0.29, 0.717) is 39.5 Å². The van der Waals surface area contributed by atoms with Crippen molar-refractivity contribution in [1.82, 2.24) is 9.88 Å². The Morgan fingerprint density at radius 1 is 1.22 bits per heavy atom. The molecule has 7 heteroatoms. The standard InChI is InChI=1S/C16H15Cl3N2O2/c1-2-21(16(22)11-8-12(17)10-20-9-11)6-7-23-15-13(18)4-3-5-14(15)19/h3-5,8-10H,2,6-7H2,1H3. The molecule has 1 aromatic heterocycles. The Hall–Kier alpha value is -1.49. The second kappa shape index (κ2) is 8.39. The fourth-order valence-corrected chi connectivity index (χ4v) is 2.67. The maximum Gasteiger partial charge on any atom is 0.255 e. The minimum absolute atomic E-state index is 0.156. The minimum Gasteiger partial charge on any atom is -0.489 e. The number of carbonyl (C=O) groups excluding carboxylic acids is 1. The number of para-hydroxylation sites is 1. The van der Waals surface area contributed by atoms with Gasteiger partial charge in [0.1, 0.15) is 6.61 Å². The topological polar surface area (TPSA) is 42.4 Å². The van der Waals surface area contributed by atoms with Crippen molar-refractivity contribution in [2.45, 2.75) is 6.92 Å². The van der Waals surface area contributed by atoms with Crippen LogP contribution in [-0.4, -0.2) is 35.5 Å². The van der Waals surface area contributed by atoms with E-state index >= 15 is 0 Å². The normalized spacial score (nSPS) is 10.4. The average molecular weight is 374 g/mol. The second-order valence-corrected chi connectivity index (χ2v) is 5.93. The van der Waals surface area contributed by atoms with Gasteiger partial charge in [-0.1, -0.05) is 40.9 Å². The largest absolute Gasteiger partial charge is 0.489 e. The zero-order valence-corrected chi connectivity index (χ0v) is 14.7. The number of likely N-dealkylation sites (N-methyl/N-ethyl adjacent to an activating group) is 1. The number of rotatable bonds is 6. The summed E-state index contributed by atoms with van der Waals surface area (Å²) in [6, 6.07) is 6.73. The van der Waals surface area contributed by atoms with Gasteiger partial charge in [0.2, 0.25) is 0 Å². The number of ether oxygens (including phenoxy) is 1. The highest BCUT2D eigenvalue weighted by Gasteiger charge is 2.15. The van der Waals surface area contributed by atoms with Crippen molar-refractivity contribution in [1.29, 1.82) is 0 Å². The highest BCUT2D eigenvalue weighted by molar-refractivity contribution is 6.37. The molecule has 1 amide bonds. The van der Waals surface area contributed by atoms with Gasteiger partial charge in [-0.2, -0.15) is 0 Å². The summed E-state index contributed by atoms with van der Waals surface area (Å²) in [7, 11) is 0. The van der Waals surface area contributed by atoms with E-state index in [4.69, 9.17) is 39.5 Å². The Morgan fingerprint density at radius 2 is 1.91 bits per heavy atom. The number of aromatic nitrogens is 1. The monoisotopic (exact) mass is 372 g/mol. The van der Waals surface area contributed by atoms with Crippen molar-refractivity contribution in [3.63, 3.8) is 0 Å². The summed E-state index contributed by atoms with van der Waals surface area (Å²) in [6.07, 6.45) is 2.97. The van der Waals surface area contributed by atoms with Gasteiger partial charge >= 0.3 is 0 Å². The number of nitrogens with zero attached hydrogens (tertiary/aromatic N) is 2. The molecule has 0 aliphatic carbocycles. The lowest BCUT2D eigenvalue weighted by Gasteiger charge is -2.21. The highest BCUT2D eigenvalue weighted by Crippen LogP contribution is 2.32. The molecule has 23 heavy (non-hydrogen) atoms. The van der Waals surface area contributed by atoms with Gasteiger partial charge in [-0.15, -0.1) is 0 Å². The predicted octanol–water partition coefficient (Wildman–Crippen LogP) is 4.58. The van der Waals surface area contributed by atoms with Crippen LogP contribution >= 0.6 is 34.8 Å². The van der Waals surface area contributed by atoms with Crippen LogP contribution in [0.3, 0.4) is 0 Å². The van der Waals surface area contributed by atoms with Gasteiger partial charge in [0.05, 0.1) is 27.2 Å². The first-order valence-electron chi connectivity index (χ1n) is 6.99. The third-order valence-electron chi connectivity index (χ3n) is 3.15. The first-order chi connectivity index (χ1) is 11.0. The maximum absolute atomic E-state index is 12.4. The van der Waals surface area contributed by atoms with Crippen molar-refractivity contribution < 1.29 is 9.53 Å². The molecule has 0 fully saturated rings. The molecule has 122 valence electrons. The molecule has 0 spiro atoms. The van der Waals surface area contributed by atoms with Gasteiger partial charge in [0, 0.05) is 18.9 Å². The molecule has 0 saturated heterocycles. The zero-order valence-electron chi connectivity index (χ0n) is 12.4. The van der Waals surface area contributed by atoms with Crippen LogP contribution in [0.4, 0.5) is 0 Å². The summed E-state index contributed by atoms with van der Waals surface area (Å²) in [6.45, 7) is 3.09. The zero-order chi connectivity index (χ0) is 16.8. The molecule has 2 aromatic rings. The highest BCUT2D eigenvalue weighted by atomic mass is 35.5. The molecule has 1 aromatic carbocycles. The Bertz CT molecular complexity index is 675. The van der Waals surface area contributed by atoms with E-state index in [1.54, 1.807) is 29.2 Å². The molecule has 0 unspecified atom stereocenters. The summed E-state index contributed by atoms with van der Waals surface area (Å²) in [5.74, 6) is 0.264. The van der Waals surface area contributed by atoms with E-state index in [9.17, 15) is 4.79 Å². The molecule has 2 rings (SSSR count). The number of pyridine rings is 1. The summed E-state index contributed by atoms with van der Waals surface area (Å²) < 4.78 is 5.61. The van der Waals surface area contributed by atoms with Crippen molar-refractivity contribution in [2.24, 2.45) is 0 Å². The summed E-state index contributed by atoms with van der Waals surface area (Å²) in [5, 5.41) is 1.29. The van der Waals surface area contributed by atoms with Gasteiger partial charge < -0.3 is 9.64 Å². The molecule has 0 saturated carbocycles. The Labute approximate surface area is 149 Å². The first-order valence-corrected chi connectivity index (χ1v) is 8.13. The van der Waals surface area contributed by atoms with Gasteiger partial charge in [-0.25, -0.2) is 0 Å². The Kier molecular flexibility index (Phi) is 6.51. The van der Waals surface area contributed by atoms with Crippen LogP contribution in [-0.2, 0) is 0 Å². The van der Waals surface area contributed by atoms with Crippen molar-refractivity contribution in [2.75, 3.05) is 19.7 Å². The lowest BCUT2D eigenvalue weighted by Crippen LogP contribution is -2.34. The molecule has 0 atom stereocenters. The smallest absolute Gasteiger partial charge is 0.255 e. The Morgan fingerprint density at radius 3 is 2.52 bits per heavy atom. The summed E-state index contributed by atoms with van der Waals surface area (Å²) >= 11 is 18.0.